The normalized spacial score (nSPS) is 13.7. The lowest BCUT2D eigenvalue weighted by atomic mass is 10.0. The van der Waals surface area contributed by atoms with E-state index in [1.54, 1.807) is 19.2 Å². The van der Waals surface area contributed by atoms with Crippen molar-refractivity contribution in [1.29, 1.82) is 0 Å². The molecule has 2 N–H and O–H groups in total. The van der Waals surface area contributed by atoms with Gasteiger partial charge in [0.1, 0.15) is 11.6 Å². The van der Waals surface area contributed by atoms with Crippen molar-refractivity contribution in [3.05, 3.63) is 65.5 Å². The Morgan fingerprint density at radius 1 is 1.10 bits per heavy atom. The summed E-state index contributed by atoms with van der Waals surface area (Å²) in [6.45, 7) is 2.54. The van der Waals surface area contributed by atoms with Gasteiger partial charge < -0.3 is 15.2 Å². The third-order valence-corrected chi connectivity index (χ3v) is 3.47. The molecule has 0 spiro atoms. The van der Waals surface area contributed by atoms with Crippen molar-refractivity contribution in [2.45, 2.75) is 25.6 Å². The molecule has 0 radical (unpaired) electrons. The fourth-order valence-electron chi connectivity index (χ4n) is 2.08. The molecule has 0 aliphatic carbocycles. The summed E-state index contributed by atoms with van der Waals surface area (Å²) < 4.78 is 18.0. The summed E-state index contributed by atoms with van der Waals surface area (Å²) in [4.78, 5) is 0. The summed E-state index contributed by atoms with van der Waals surface area (Å²) in [5.41, 5.74) is 1.81. The summed E-state index contributed by atoms with van der Waals surface area (Å²) in [5.74, 6) is 0.517. The maximum Gasteiger partial charge on any atom is 0.123 e. The zero-order chi connectivity index (χ0) is 15.2. The first-order valence-electron chi connectivity index (χ1n) is 6.90. The van der Waals surface area contributed by atoms with Crippen molar-refractivity contribution >= 4 is 0 Å². The molecule has 2 unspecified atom stereocenters. The van der Waals surface area contributed by atoms with E-state index < -0.39 is 6.10 Å². The average Bonchev–Trinajstić information content (AvgIpc) is 2.53. The highest BCUT2D eigenvalue weighted by Crippen LogP contribution is 2.18. The summed E-state index contributed by atoms with van der Waals surface area (Å²) in [7, 11) is 1.63. The SMILES string of the molecule is COc1ccc(CNC(C)C(O)c2ccc(F)cc2)cc1. The molecule has 0 heterocycles. The number of aliphatic hydroxyl groups is 1. The van der Waals surface area contributed by atoms with E-state index >= 15 is 0 Å². The minimum atomic E-state index is -0.677. The monoisotopic (exact) mass is 289 g/mol. The van der Waals surface area contributed by atoms with Gasteiger partial charge in [-0.25, -0.2) is 4.39 Å². The van der Waals surface area contributed by atoms with Crippen LogP contribution >= 0.6 is 0 Å². The van der Waals surface area contributed by atoms with E-state index in [9.17, 15) is 9.50 Å². The number of hydrogen-bond acceptors (Lipinski definition) is 3. The number of aliphatic hydroxyl groups excluding tert-OH is 1. The lowest BCUT2D eigenvalue weighted by Crippen LogP contribution is -2.31. The van der Waals surface area contributed by atoms with Gasteiger partial charge in [0.25, 0.3) is 0 Å². The molecular formula is C17H20FNO2. The Bertz CT molecular complexity index is 554. The van der Waals surface area contributed by atoms with Crippen molar-refractivity contribution in [3.8, 4) is 5.75 Å². The third-order valence-electron chi connectivity index (χ3n) is 3.47. The zero-order valence-corrected chi connectivity index (χ0v) is 12.2. The van der Waals surface area contributed by atoms with Crippen LogP contribution in [0.2, 0.25) is 0 Å². The van der Waals surface area contributed by atoms with Crippen LogP contribution in [0.25, 0.3) is 0 Å². The molecule has 2 aromatic carbocycles. The number of ether oxygens (including phenoxy) is 1. The Morgan fingerprint density at radius 3 is 2.29 bits per heavy atom. The first-order valence-corrected chi connectivity index (χ1v) is 6.90. The average molecular weight is 289 g/mol. The predicted molar refractivity (Wildman–Crippen MR) is 80.7 cm³/mol. The van der Waals surface area contributed by atoms with Gasteiger partial charge in [-0.2, -0.15) is 0 Å². The smallest absolute Gasteiger partial charge is 0.123 e. The molecular weight excluding hydrogens is 269 g/mol. The largest absolute Gasteiger partial charge is 0.497 e. The summed E-state index contributed by atoms with van der Waals surface area (Å²) in [6.07, 6.45) is -0.677. The number of rotatable bonds is 6. The minimum Gasteiger partial charge on any atom is -0.497 e. The second-order valence-corrected chi connectivity index (χ2v) is 5.01. The van der Waals surface area contributed by atoms with Crippen LogP contribution in [0.4, 0.5) is 4.39 Å². The topological polar surface area (TPSA) is 41.5 Å². The number of hydrogen-bond donors (Lipinski definition) is 2. The van der Waals surface area contributed by atoms with Crippen LogP contribution < -0.4 is 10.1 Å². The van der Waals surface area contributed by atoms with Crippen LogP contribution in [0.5, 0.6) is 5.75 Å². The Kier molecular flexibility index (Phi) is 5.31. The van der Waals surface area contributed by atoms with Crippen molar-refractivity contribution in [1.82, 2.24) is 5.32 Å². The molecule has 112 valence electrons. The molecule has 3 nitrogen and oxygen atoms in total. The fraction of sp³-hybridized carbons (Fsp3) is 0.294. The standard InChI is InChI=1S/C17H20FNO2/c1-12(17(20)14-5-7-15(18)8-6-14)19-11-13-3-9-16(21-2)10-4-13/h3-10,12,17,19-20H,11H2,1-2H3. The Labute approximate surface area is 124 Å². The first-order chi connectivity index (χ1) is 10.1. The van der Waals surface area contributed by atoms with E-state index in [1.165, 1.54) is 12.1 Å². The summed E-state index contributed by atoms with van der Waals surface area (Å²) >= 11 is 0. The summed E-state index contributed by atoms with van der Waals surface area (Å²) in [5, 5.41) is 13.5. The van der Waals surface area contributed by atoms with Gasteiger partial charge in [-0.15, -0.1) is 0 Å². The second kappa shape index (κ2) is 7.20. The molecule has 0 saturated heterocycles. The predicted octanol–water partition coefficient (Wildman–Crippen LogP) is 3.05. The lowest BCUT2D eigenvalue weighted by Gasteiger charge is -2.21. The van der Waals surface area contributed by atoms with Crippen molar-refractivity contribution < 1.29 is 14.2 Å². The molecule has 0 aliphatic heterocycles. The maximum atomic E-state index is 12.9. The molecule has 2 rings (SSSR count). The van der Waals surface area contributed by atoms with Gasteiger partial charge in [0.15, 0.2) is 0 Å². The van der Waals surface area contributed by atoms with E-state index in [2.05, 4.69) is 5.32 Å². The summed E-state index contributed by atoms with van der Waals surface area (Å²) in [6, 6.07) is 13.5. The first kappa shape index (κ1) is 15.5. The van der Waals surface area contributed by atoms with Gasteiger partial charge in [0.2, 0.25) is 0 Å². The van der Waals surface area contributed by atoms with E-state index in [0.29, 0.717) is 12.1 Å². The molecule has 0 saturated carbocycles. The lowest BCUT2D eigenvalue weighted by molar-refractivity contribution is 0.135. The van der Waals surface area contributed by atoms with Crippen LogP contribution in [-0.4, -0.2) is 18.3 Å². The molecule has 0 amide bonds. The maximum absolute atomic E-state index is 12.9. The van der Waals surface area contributed by atoms with Crippen molar-refractivity contribution in [2.75, 3.05) is 7.11 Å². The number of benzene rings is 2. The zero-order valence-electron chi connectivity index (χ0n) is 12.2. The Hall–Kier alpha value is -1.91. The van der Waals surface area contributed by atoms with Crippen molar-refractivity contribution in [3.63, 3.8) is 0 Å². The van der Waals surface area contributed by atoms with E-state index in [0.717, 1.165) is 11.3 Å². The van der Waals surface area contributed by atoms with Crippen LogP contribution in [0.3, 0.4) is 0 Å². The van der Waals surface area contributed by atoms with Crippen LogP contribution in [0, 0.1) is 5.82 Å². The molecule has 0 fully saturated rings. The van der Waals surface area contributed by atoms with Crippen LogP contribution in [0.1, 0.15) is 24.2 Å². The Balaban J connectivity index is 1.91. The van der Waals surface area contributed by atoms with Gasteiger partial charge in [-0.3, -0.25) is 0 Å². The molecule has 0 aliphatic rings. The Morgan fingerprint density at radius 2 is 1.71 bits per heavy atom. The van der Waals surface area contributed by atoms with Gasteiger partial charge in [-0.1, -0.05) is 24.3 Å². The quantitative estimate of drug-likeness (QED) is 0.859. The van der Waals surface area contributed by atoms with Gasteiger partial charge >= 0.3 is 0 Å². The molecule has 0 aromatic heterocycles. The number of halogens is 1. The highest BCUT2D eigenvalue weighted by molar-refractivity contribution is 5.27. The van der Waals surface area contributed by atoms with Gasteiger partial charge in [0, 0.05) is 12.6 Å². The van der Waals surface area contributed by atoms with Gasteiger partial charge in [0.05, 0.1) is 13.2 Å². The van der Waals surface area contributed by atoms with Crippen molar-refractivity contribution in [2.24, 2.45) is 0 Å². The van der Waals surface area contributed by atoms with E-state index in [1.807, 2.05) is 31.2 Å². The van der Waals surface area contributed by atoms with Crippen LogP contribution in [-0.2, 0) is 6.54 Å². The second-order valence-electron chi connectivity index (χ2n) is 5.01. The fourth-order valence-corrected chi connectivity index (χ4v) is 2.08. The highest BCUT2D eigenvalue weighted by atomic mass is 19.1. The highest BCUT2D eigenvalue weighted by Gasteiger charge is 2.15. The van der Waals surface area contributed by atoms with Gasteiger partial charge in [-0.05, 0) is 42.3 Å². The number of nitrogens with one attached hydrogen (secondary N) is 1. The molecule has 4 heteroatoms. The molecule has 0 bridgehead atoms. The molecule has 2 aromatic rings. The molecule has 2 atom stereocenters. The minimum absolute atomic E-state index is 0.141. The molecule has 21 heavy (non-hydrogen) atoms. The van der Waals surface area contributed by atoms with E-state index in [4.69, 9.17) is 4.74 Å². The van der Waals surface area contributed by atoms with E-state index in [-0.39, 0.29) is 11.9 Å². The number of methoxy groups -OCH3 is 1. The third kappa shape index (κ3) is 4.28. The van der Waals surface area contributed by atoms with Crippen LogP contribution in [0.15, 0.2) is 48.5 Å².